The van der Waals surface area contributed by atoms with Gasteiger partial charge < -0.3 is 9.67 Å². The van der Waals surface area contributed by atoms with Crippen molar-refractivity contribution in [2.24, 2.45) is 0 Å². The fourth-order valence-electron chi connectivity index (χ4n) is 9.77. The summed E-state index contributed by atoms with van der Waals surface area (Å²) in [6.07, 6.45) is 1.90. The Kier molecular flexibility index (Phi) is 12.5. The normalized spacial score (nSPS) is 11.7. The topological polar surface area (TPSA) is 50.9 Å². The van der Waals surface area contributed by atoms with Crippen LogP contribution in [0.5, 0.6) is 5.75 Å². The van der Waals surface area contributed by atoms with Gasteiger partial charge in [-0.2, -0.15) is 0 Å². The van der Waals surface area contributed by atoms with Gasteiger partial charge in [0.05, 0.1) is 16.7 Å². The molecule has 4 nitrogen and oxygen atoms in total. The number of hydrogen-bond acceptors (Lipinski definition) is 3. The number of para-hydroxylation sites is 3. The second-order valence-corrected chi connectivity index (χ2v) is 20.4. The minimum Gasteiger partial charge on any atom is -0.507 e. The van der Waals surface area contributed by atoms with E-state index in [1.807, 2.05) is 48.7 Å². The Morgan fingerprint density at radius 3 is 1.68 bits per heavy atom. The first-order valence-electron chi connectivity index (χ1n) is 24.1. The van der Waals surface area contributed by atoms with Gasteiger partial charge in [-0.05, 0) is 103 Å². The number of nitrogens with zero attached hydrogens (tertiary/aromatic N) is 3. The number of pyridine rings is 2. The zero-order chi connectivity index (χ0) is 48.1. The van der Waals surface area contributed by atoms with Crippen molar-refractivity contribution in [3.05, 3.63) is 230 Å². The van der Waals surface area contributed by atoms with E-state index in [-0.39, 0.29) is 37.6 Å². The average Bonchev–Trinajstić information content (AvgIpc) is 3.73. The molecule has 0 atom stereocenters. The molecule has 3 heterocycles. The fraction of sp³-hybridized carbons (Fsp3) is 0.121. The Hall–Kier alpha value is -7.65. The molecule has 8 aromatic carbocycles. The van der Waals surface area contributed by atoms with Crippen molar-refractivity contribution in [1.82, 2.24) is 14.5 Å². The Balaban J connectivity index is 0.00000582. The molecule has 0 aliphatic heterocycles. The quantitative estimate of drug-likeness (QED) is 0.154. The molecule has 0 fully saturated rings. The molecule has 0 saturated heterocycles. The molecule has 0 amide bonds. The van der Waals surface area contributed by atoms with Crippen LogP contribution < -0.4 is 0 Å². The van der Waals surface area contributed by atoms with Crippen LogP contribution in [0.1, 0.15) is 52.7 Å². The summed E-state index contributed by atoms with van der Waals surface area (Å²) in [6, 6.07) is 76.0. The summed E-state index contributed by atoms with van der Waals surface area (Å²) in [5.41, 5.74) is 18.5. The minimum absolute atomic E-state index is 0. The third-order valence-corrected chi connectivity index (χ3v) is 13.5. The number of aromatic hydroxyl groups is 1. The maximum Gasteiger partial charge on any atom is 0.126 e. The fourth-order valence-corrected chi connectivity index (χ4v) is 9.77. The average molecular weight is 1100 g/mol. The van der Waals surface area contributed by atoms with Crippen molar-refractivity contribution in [1.29, 1.82) is 0 Å². The van der Waals surface area contributed by atoms with Crippen LogP contribution in [0.2, 0.25) is 0 Å². The molecule has 0 spiro atoms. The number of aromatic nitrogens is 3. The van der Waals surface area contributed by atoms with E-state index in [0.717, 1.165) is 83.7 Å². The van der Waals surface area contributed by atoms with E-state index in [1.54, 1.807) is 0 Å². The van der Waals surface area contributed by atoms with Crippen LogP contribution in [0.15, 0.2) is 212 Å². The van der Waals surface area contributed by atoms with Crippen molar-refractivity contribution in [2.75, 3.05) is 0 Å². The van der Waals surface area contributed by atoms with Gasteiger partial charge in [-0.15, -0.1) is 24.3 Å². The summed E-state index contributed by atoms with van der Waals surface area (Å²) in [5.74, 6) is 0.162. The molecule has 11 rings (SSSR count). The summed E-state index contributed by atoms with van der Waals surface area (Å²) in [5, 5.41) is 14.7. The molecule has 0 radical (unpaired) electrons. The largest absolute Gasteiger partial charge is 0.507 e. The molecular formula is C66H54N3OPt-. The maximum absolute atomic E-state index is 12.3. The summed E-state index contributed by atoms with van der Waals surface area (Å²) in [6.45, 7) is 13.6. The van der Waals surface area contributed by atoms with Crippen LogP contribution in [0.25, 0.3) is 106 Å². The van der Waals surface area contributed by atoms with Crippen molar-refractivity contribution in [3.63, 3.8) is 0 Å². The molecule has 0 unspecified atom stereocenters. The molecule has 0 bridgehead atoms. The summed E-state index contributed by atoms with van der Waals surface area (Å²) >= 11 is 0. The zero-order valence-corrected chi connectivity index (χ0v) is 43.1. The van der Waals surface area contributed by atoms with Gasteiger partial charge in [0.2, 0.25) is 0 Å². The Bertz CT molecular complexity index is 3700. The first kappa shape index (κ1) is 47.0. The first-order valence-corrected chi connectivity index (χ1v) is 24.1. The van der Waals surface area contributed by atoms with E-state index in [4.69, 9.17) is 9.97 Å². The first-order chi connectivity index (χ1) is 33.9. The summed E-state index contributed by atoms with van der Waals surface area (Å²) in [4.78, 5) is 10.4. The molecule has 3 aromatic heterocycles. The second kappa shape index (κ2) is 18.9. The molecule has 11 aromatic rings. The van der Waals surface area contributed by atoms with E-state index in [2.05, 4.69) is 216 Å². The molecule has 71 heavy (non-hydrogen) atoms. The molecule has 350 valence electrons. The van der Waals surface area contributed by atoms with Gasteiger partial charge in [0.15, 0.2) is 0 Å². The van der Waals surface area contributed by atoms with Gasteiger partial charge in [-0.25, -0.2) is 0 Å². The maximum atomic E-state index is 12.3. The minimum atomic E-state index is -0.0893. The predicted octanol–water partition coefficient (Wildman–Crippen LogP) is 17.3. The van der Waals surface area contributed by atoms with Crippen molar-refractivity contribution in [2.45, 2.75) is 52.4 Å². The molecule has 0 aliphatic carbocycles. The molecule has 0 saturated carbocycles. The molecule has 5 heteroatoms. The zero-order valence-electron chi connectivity index (χ0n) is 40.8. The van der Waals surface area contributed by atoms with E-state index in [1.165, 1.54) is 21.9 Å². The number of phenols is 1. The Morgan fingerprint density at radius 1 is 0.437 bits per heavy atom. The van der Waals surface area contributed by atoms with Gasteiger partial charge in [-0.1, -0.05) is 198 Å². The van der Waals surface area contributed by atoms with Crippen molar-refractivity contribution >= 4 is 21.8 Å². The van der Waals surface area contributed by atoms with E-state index in [9.17, 15) is 5.11 Å². The second-order valence-electron chi connectivity index (χ2n) is 20.4. The standard InChI is InChI=1S/C66H54N3O.Pt/c1-65(2,3)51-35-48(36-52(42-51)66(4,5)6)50-39-59(68-60(40-50)63-57(44-22-12-8-13-23-44)37-49(41-62(63)70)43-20-10-7-11-21-43)47-25-18-24-46(34-47)58-38-45(32-33-67-58)54-29-19-30-56-55-28-16-17-31-61(55)69(64(54)56)53-26-14-9-15-27-53;/h7-33,35-42,70H,1-6H3;/q-1;. The monoisotopic (exact) mass is 1100 g/mol. The third kappa shape index (κ3) is 9.17. The number of rotatable bonds is 8. The van der Waals surface area contributed by atoms with E-state index < -0.39 is 0 Å². The Labute approximate surface area is 431 Å². The number of benzene rings is 8. The van der Waals surface area contributed by atoms with Crippen LogP contribution in [0.4, 0.5) is 0 Å². The molecule has 1 N–H and O–H groups in total. The predicted molar refractivity (Wildman–Crippen MR) is 292 cm³/mol. The summed E-state index contributed by atoms with van der Waals surface area (Å²) in [7, 11) is 0. The van der Waals surface area contributed by atoms with Crippen LogP contribution in [-0.4, -0.2) is 19.6 Å². The van der Waals surface area contributed by atoms with E-state index >= 15 is 0 Å². The third-order valence-electron chi connectivity index (χ3n) is 13.5. The number of fused-ring (bicyclic) bond motifs is 3. The SMILES string of the molecule is CC(C)(C)c1cc(-c2cc(-c3[c-]c(-c4cc(-c5cccc6c7ccccc7n(-c7ccccc7)c56)ccn4)ccc3)nc(-c3c(O)cc(-c4ccccc4)cc3-c3ccccc3)c2)cc(C(C)(C)C)c1.[Pt]. The number of hydrogen-bond donors (Lipinski definition) is 1. The Morgan fingerprint density at radius 2 is 0.986 bits per heavy atom. The van der Waals surface area contributed by atoms with Crippen LogP contribution >= 0.6 is 0 Å². The van der Waals surface area contributed by atoms with Crippen LogP contribution in [-0.2, 0) is 31.9 Å². The van der Waals surface area contributed by atoms with Crippen LogP contribution in [0.3, 0.4) is 0 Å². The van der Waals surface area contributed by atoms with Gasteiger partial charge in [0, 0.05) is 66.2 Å². The van der Waals surface area contributed by atoms with Crippen molar-refractivity contribution in [3.8, 4) is 89.7 Å². The van der Waals surface area contributed by atoms with Crippen molar-refractivity contribution < 1.29 is 26.2 Å². The van der Waals surface area contributed by atoms with Gasteiger partial charge in [-0.3, -0.25) is 9.97 Å². The van der Waals surface area contributed by atoms with Gasteiger partial charge in [0.25, 0.3) is 0 Å². The van der Waals surface area contributed by atoms with Gasteiger partial charge >= 0.3 is 0 Å². The van der Waals surface area contributed by atoms with Gasteiger partial charge in [0.1, 0.15) is 5.75 Å². The summed E-state index contributed by atoms with van der Waals surface area (Å²) < 4.78 is 2.38. The van der Waals surface area contributed by atoms with E-state index in [0.29, 0.717) is 11.3 Å². The molecular weight excluding hydrogens is 1050 g/mol. The molecule has 0 aliphatic rings. The smallest absolute Gasteiger partial charge is 0.126 e. The van der Waals surface area contributed by atoms with Crippen LogP contribution in [0, 0.1) is 6.07 Å². The number of phenolic OH excluding ortho intramolecular Hbond substituents is 1.